The fourth-order valence-electron chi connectivity index (χ4n) is 4.09. The predicted molar refractivity (Wildman–Crippen MR) is 146 cm³/mol. The van der Waals surface area contributed by atoms with E-state index < -0.39 is 11.6 Å². The van der Waals surface area contributed by atoms with E-state index >= 15 is 0 Å². The fourth-order valence-corrected chi connectivity index (χ4v) is 4.09. The molecule has 0 aliphatic carbocycles. The van der Waals surface area contributed by atoms with E-state index in [0.717, 1.165) is 27.9 Å². The third kappa shape index (κ3) is 5.95. The SMILES string of the molecule is Cc1cccc(-c2ccc(C(=O)c3ccc(OC(C)(C)C(=O)OC(C)C)cc3)cc2)c1-c1ccccn1. The summed E-state index contributed by atoms with van der Waals surface area (Å²) < 4.78 is 11.1. The second-order valence-corrected chi connectivity index (χ2v) is 9.71. The monoisotopic (exact) mass is 493 g/mol. The molecule has 3 aromatic carbocycles. The molecule has 0 bridgehead atoms. The highest BCUT2D eigenvalue weighted by molar-refractivity contribution is 6.09. The average Bonchev–Trinajstić information content (AvgIpc) is 2.88. The van der Waals surface area contributed by atoms with Gasteiger partial charge in [-0.3, -0.25) is 9.78 Å². The van der Waals surface area contributed by atoms with Crippen molar-refractivity contribution in [2.45, 2.75) is 46.3 Å². The zero-order chi connectivity index (χ0) is 26.6. The second-order valence-electron chi connectivity index (χ2n) is 9.71. The van der Waals surface area contributed by atoms with E-state index in [4.69, 9.17) is 9.47 Å². The van der Waals surface area contributed by atoms with Crippen molar-refractivity contribution in [3.8, 4) is 28.1 Å². The molecule has 188 valence electrons. The second kappa shape index (κ2) is 10.8. The minimum Gasteiger partial charge on any atom is -0.476 e. The molecule has 0 aliphatic heterocycles. The van der Waals surface area contributed by atoms with Gasteiger partial charge in [-0.15, -0.1) is 0 Å². The summed E-state index contributed by atoms with van der Waals surface area (Å²) in [5.41, 5.74) is 5.20. The molecule has 0 N–H and O–H groups in total. The van der Waals surface area contributed by atoms with Crippen LogP contribution in [-0.4, -0.2) is 28.4 Å². The molecule has 5 heteroatoms. The van der Waals surface area contributed by atoms with Crippen LogP contribution in [0, 0.1) is 6.92 Å². The van der Waals surface area contributed by atoms with Crippen molar-refractivity contribution in [2.24, 2.45) is 0 Å². The molecule has 0 atom stereocenters. The Morgan fingerprint density at radius 1 is 0.811 bits per heavy atom. The van der Waals surface area contributed by atoms with Crippen LogP contribution in [0.5, 0.6) is 5.75 Å². The first-order valence-electron chi connectivity index (χ1n) is 12.3. The van der Waals surface area contributed by atoms with Gasteiger partial charge in [0.2, 0.25) is 0 Å². The van der Waals surface area contributed by atoms with Gasteiger partial charge in [-0.05, 0) is 87.7 Å². The van der Waals surface area contributed by atoms with Gasteiger partial charge in [0.1, 0.15) is 5.75 Å². The number of aromatic nitrogens is 1. The largest absolute Gasteiger partial charge is 0.476 e. The number of benzene rings is 3. The molecule has 0 aliphatic rings. The van der Waals surface area contributed by atoms with Crippen molar-refractivity contribution in [3.05, 3.63) is 108 Å². The van der Waals surface area contributed by atoms with Gasteiger partial charge in [0.15, 0.2) is 11.4 Å². The Labute approximate surface area is 218 Å². The summed E-state index contributed by atoms with van der Waals surface area (Å²) in [6.07, 6.45) is 1.57. The number of pyridine rings is 1. The third-order valence-corrected chi connectivity index (χ3v) is 5.98. The molecule has 0 fully saturated rings. The number of carbonyl (C=O) groups is 2. The smallest absolute Gasteiger partial charge is 0.350 e. The van der Waals surface area contributed by atoms with E-state index in [1.165, 1.54) is 0 Å². The quantitative estimate of drug-likeness (QED) is 0.194. The van der Waals surface area contributed by atoms with Crippen LogP contribution in [0.1, 0.15) is 49.2 Å². The van der Waals surface area contributed by atoms with Gasteiger partial charge < -0.3 is 9.47 Å². The molecule has 1 heterocycles. The summed E-state index contributed by atoms with van der Waals surface area (Å²) in [4.78, 5) is 30.0. The number of nitrogens with zero attached hydrogens (tertiary/aromatic N) is 1. The summed E-state index contributed by atoms with van der Waals surface area (Å²) in [6, 6.07) is 26.5. The summed E-state index contributed by atoms with van der Waals surface area (Å²) >= 11 is 0. The van der Waals surface area contributed by atoms with Crippen LogP contribution in [0.4, 0.5) is 0 Å². The zero-order valence-electron chi connectivity index (χ0n) is 21.8. The number of esters is 1. The first-order chi connectivity index (χ1) is 17.7. The van der Waals surface area contributed by atoms with Crippen molar-refractivity contribution in [1.82, 2.24) is 4.98 Å². The summed E-state index contributed by atoms with van der Waals surface area (Å²) in [5.74, 6) is -0.0487. The molecular formula is C32H31NO4. The van der Waals surface area contributed by atoms with Gasteiger partial charge in [-0.1, -0.05) is 48.5 Å². The molecule has 37 heavy (non-hydrogen) atoms. The minimum absolute atomic E-state index is 0.0919. The number of ether oxygens (including phenoxy) is 2. The fraction of sp³-hybridized carbons (Fsp3) is 0.219. The van der Waals surface area contributed by atoms with Crippen molar-refractivity contribution >= 4 is 11.8 Å². The number of carbonyl (C=O) groups excluding carboxylic acids is 2. The molecule has 0 saturated heterocycles. The molecule has 0 amide bonds. The molecule has 0 spiro atoms. The molecule has 1 aromatic heterocycles. The Hall–Kier alpha value is -4.25. The van der Waals surface area contributed by atoms with Crippen LogP contribution in [0.15, 0.2) is 91.1 Å². The molecule has 4 aromatic rings. The Morgan fingerprint density at radius 2 is 1.46 bits per heavy atom. The van der Waals surface area contributed by atoms with E-state index in [-0.39, 0.29) is 11.9 Å². The number of hydrogen-bond acceptors (Lipinski definition) is 5. The van der Waals surface area contributed by atoms with Gasteiger partial charge >= 0.3 is 5.97 Å². The van der Waals surface area contributed by atoms with Crippen LogP contribution in [0.2, 0.25) is 0 Å². The van der Waals surface area contributed by atoms with E-state index in [2.05, 4.69) is 24.0 Å². The van der Waals surface area contributed by atoms with Gasteiger partial charge in [0.05, 0.1) is 11.8 Å². The van der Waals surface area contributed by atoms with Crippen LogP contribution >= 0.6 is 0 Å². The molecule has 0 unspecified atom stereocenters. The van der Waals surface area contributed by atoms with Gasteiger partial charge in [-0.25, -0.2) is 4.79 Å². The lowest BCUT2D eigenvalue weighted by molar-refractivity contribution is -0.163. The van der Waals surface area contributed by atoms with Crippen LogP contribution < -0.4 is 4.74 Å². The lowest BCUT2D eigenvalue weighted by Gasteiger charge is -2.25. The highest BCUT2D eigenvalue weighted by Crippen LogP contribution is 2.34. The molecule has 5 nitrogen and oxygen atoms in total. The Bertz CT molecular complexity index is 1390. The van der Waals surface area contributed by atoms with Crippen molar-refractivity contribution in [1.29, 1.82) is 0 Å². The maximum atomic E-state index is 13.1. The summed E-state index contributed by atoms with van der Waals surface area (Å²) in [5, 5.41) is 0. The highest BCUT2D eigenvalue weighted by Gasteiger charge is 2.32. The molecule has 0 saturated carbocycles. The van der Waals surface area contributed by atoms with E-state index in [1.54, 1.807) is 58.2 Å². The maximum Gasteiger partial charge on any atom is 0.350 e. The Kier molecular flexibility index (Phi) is 7.53. The predicted octanol–water partition coefficient (Wildman–Crippen LogP) is 7.06. The summed E-state index contributed by atoms with van der Waals surface area (Å²) in [7, 11) is 0. The minimum atomic E-state index is -1.14. The normalized spacial score (nSPS) is 11.3. The van der Waals surface area contributed by atoms with E-state index in [9.17, 15) is 9.59 Å². The average molecular weight is 494 g/mol. The third-order valence-electron chi connectivity index (χ3n) is 5.98. The Balaban J connectivity index is 1.52. The lowest BCUT2D eigenvalue weighted by atomic mass is 9.92. The molecular weight excluding hydrogens is 462 g/mol. The number of aryl methyl sites for hydroxylation is 1. The van der Waals surface area contributed by atoms with Gasteiger partial charge in [0.25, 0.3) is 0 Å². The topological polar surface area (TPSA) is 65.5 Å². The van der Waals surface area contributed by atoms with Crippen molar-refractivity contribution in [2.75, 3.05) is 0 Å². The van der Waals surface area contributed by atoms with Crippen LogP contribution in [0.25, 0.3) is 22.4 Å². The number of hydrogen-bond donors (Lipinski definition) is 0. The standard InChI is InChI=1S/C32H31NO4/c1-21(2)36-31(35)32(4,5)37-26-18-16-25(17-19-26)30(34)24-14-12-23(13-15-24)27-10-8-9-22(3)29(27)28-11-6-7-20-33-28/h6-21H,1-5H3. The van der Waals surface area contributed by atoms with Gasteiger partial charge in [0, 0.05) is 22.9 Å². The lowest BCUT2D eigenvalue weighted by Crippen LogP contribution is -2.40. The zero-order valence-corrected chi connectivity index (χ0v) is 21.8. The first-order valence-corrected chi connectivity index (χ1v) is 12.3. The van der Waals surface area contributed by atoms with Crippen molar-refractivity contribution < 1.29 is 19.1 Å². The van der Waals surface area contributed by atoms with Crippen LogP contribution in [0.3, 0.4) is 0 Å². The number of rotatable bonds is 8. The van der Waals surface area contributed by atoms with Crippen LogP contribution in [-0.2, 0) is 9.53 Å². The molecule has 0 radical (unpaired) electrons. The van der Waals surface area contributed by atoms with Gasteiger partial charge in [-0.2, -0.15) is 0 Å². The molecule has 4 rings (SSSR count). The maximum absolute atomic E-state index is 13.1. The Morgan fingerprint density at radius 3 is 2.05 bits per heavy atom. The van der Waals surface area contributed by atoms with Crippen molar-refractivity contribution in [3.63, 3.8) is 0 Å². The first kappa shape index (κ1) is 25.8. The number of ketones is 1. The highest BCUT2D eigenvalue weighted by atomic mass is 16.6. The van der Waals surface area contributed by atoms with E-state index in [1.807, 2.05) is 48.5 Å². The summed E-state index contributed by atoms with van der Waals surface area (Å²) in [6.45, 7) is 8.98. The van der Waals surface area contributed by atoms with E-state index in [0.29, 0.717) is 16.9 Å².